The van der Waals surface area contributed by atoms with Gasteiger partial charge in [-0.1, -0.05) is 18.2 Å². The fourth-order valence-electron chi connectivity index (χ4n) is 2.04. The molecule has 1 fully saturated rings. The van der Waals surface area contributed by atoms with Crippen molar-refractivity contribution in [2.24, 2.45) is 0 Å². The zero-order valence-corrected chi connectivity index (χ0v) is 10.2. The van der Waals surface area contributed by atoms with Crippen LogP contribution >= 0.6 is 0 Å². The minimum atomic E-state index is -4.48. The lowest BCUT2D eigenvalue weighted by Gasteiger charge is -2.21. The van der Waals surface area contributed by atoms with Crippen LogP contribution < -0.4 is 5.32 Å². The Morgan fingerprint density at radius 1 is 1.21 bits per heavy atom. The molecule has 0 radical (unpaired) electrons. The summed E-state index contributed by atoms with van der Waals surface area (Å²) < 4.78 is 38.8. The number of benzene rings is 1. The minimum Gasteiger partial charge on any atom is -0.340 e. The van der Waals surface area contributed by atoms with Crippen molar-refractivity contribution in [1.82, 2.24) is 5.32 Å². The van der Waals surface area contributed by atoms with Crippen LogP contribution in [-0.2, 0) is 21.3 Å². The molecule has 6 heteroatoms. The predicted molar refractivity (Wildman–Crippen MR) is 61.2 cm³/mol. The molecule has 0 atom stereocenters. The van der Waals surface area contributed by atoms with Gasteiger partial charge in [0.25, 0.3) is 5.91 Å². The molecule has 1 aromatic rings. The van der Waals surface area contributed by atoms with Gasteiger partial charge in [-0.25, -0.2) is 0 Å². The van der Waals surface area contributed by atoms with Crippen LogP contribution in [0.25, 0.3) is 0 Å². The van der Waals surface area contributed by atoms with Crippen molar-refractivity contribution in [3.05, 3.63) is 35.4 Å². The highest BCUT2D eigenvalue weighted by molar-refractivity contribution is 6.35. The molecule has 0 bridgehead atoms. The lowest BCUT2D eigenvalue weighted by Crippen LogP contribution is -2.39. The van der Waals surface area contributed by atoms with Crippen molar-refractivity contribution in [3.8, 4) is 0 Å². The Morgan fingerprint density at radius 2 is 1.79 bits per heavy atom. The van der Waals surface area contributed by atoms with Crippen LogP contribution in [0.3, 0.4) is 0 Å². The Balaban J connectivity index is 2.37. The Kier molecular flexibility index (Phi) is 3.12. The van der Waals surface area contributed by atoms with Crippen molar-refractivity contribution in [2.75, 3.05) is 0 Å². The first kappa shape index (κ1) is 13.6. The molecule has 0 aromatic heterocycles. The maximum Gasteiger partial charge on any atom is 0.416 e. The molecule has 0 spiro atoms. The fraction of sp³-hybridized carbons (Fsp3) is 0.385. The van der Waals surface area contributed by atoms with E-state index in [-0.39, 0.29) is 5.56 Å². The zero-order valence-electron chi connectivity index (χ0n) is 10.2. The number of alkyl halides is 3. The van der Waals surface area contributed by atoms with Gasteiger partial charge in [-0.2, -0.15) is 13.2 Å². The van der Waals surface area contributed by atoms with E-state index in [1.165, 1.54) is 18.2 Å². The molecule has 1 aliphatic rings. The first-order chi connectivity index (χ1) is 8.76. The molecule has 0 aliphatic heterocycles. The van der Waals surface area contributed by atoms with Gasteiger partial charge in [0, 0.05) is 6.92 Å². The third-order valence-electron chi connectivity index (χ3n) is 3.17. The lowest BCUT2D eigenvalue weighted by molar-refractivity contribution is -0.139. The minimum absolute atomic E-state index is 0.0251. The molecule has 1 saturated carbocycles. The van der Waals surface area contributed by atoms with Crippen LogP contribution in [0.15, 0.2) is 24.3 Å². The van der Waals surface area contributed by atoms with Crippen LogP contribution in [0.2, 0.25) is 0 Å². The number of hydrogen-bond acceptors (Lipinski definition) is 2. The van der Waals surface area contributed by atoms with Crippen LogP contribution in [0.1, 0.15) is 30.9 Å². The second-order valence-electron chi connectivity index (χ2n) is 4.64. The van der Waals surface area contributed by atoms with Crippen molar-refractivity contribution >= 4 is 11.7 Å². The first-order valence-corrected chi connectivity index (χ1v) is 5.76. The average Bonchev–Trinajstić information content (AvgIpc) is 3.09. The number of nitrogens with one attached hydrogen (secondary N) is 1. The van der Waals surface area contributed by atoms with E-state index in [0.29, 0.717) is 12.8 Å². The summed E-state index contributed by atoms with van der Waals surface area (Å²) in [5.74, 6) is -1.56. The smallest absolute Gasteiger partial charge is 0.340 e. The largest absolute Gasteiger partial charge is 0.416 e. The van der Waals surface area contributed by atoms with Gasteiger partial charge in [-0.3, -0.25) is 9.59 Å². The summed E-state index contributed by atoms with van der Waals surface area (Å²) in [6, 6.07) is 5.12. The third-order valence-corrected chi connectivity index (χ3v) is 3.17. The van der Waals surface area contributed by atoms with Crippen molar-refractivity contribution in [2.45, 2.75) is 31.5 Å². The average molecular weight is 271 g/mol. The Bertz CT molecular complexity index is 533. The van der Waals surface area contributed by atoms with Gasteiger partial charge in [0.15, 0.2) is 0 Å². The third kappa shape index (κ3) is 2.62. The van der Waals surface area contributed by atoms with E-state index in [1.807, 2.05) is 0 Å². The maximum absolute atomic E-state index is 12.9. The van der Waals surface area contributed by atoms with E-state index in [4.69, 9.17) is 0 Å². The predicted octanol–water partition coefficient (Wildman–Crippen LogP) is 2.40. The summed E-state index contributed by atoms with van der Waals surface area (Å²) in [6.45, 7) is 1.08. The Morgan fingerprint density at radius 3 is 2.26 bits per heavy atom. The van der Waals surface area contributed by atoms with Gasteiger partial charge >= 0.3 is 6.18 Å². The highest BCUT2D eigenvalue weighted by atomic mass is 19.4. The van der Waals surface area contributed by atoms with Gasteiger partial charge in [-0.05, 0) is 24.5 Å². The molecule has 1 N–H and O–H groups in total. The zero-order chi connectivity index (χ0) is 14.3. The van der Waals surface area contributed by atoms with E-state index in [0.717, 1.165) is 13.0 Å². The fourth-order valence-corrected chi connectivity index (χ4v) is 2.04. The van der Waals surface area contributed by atoms with Crippen LogP contribution in [0.4, 0.5) is 13.2 Å². The number of Topliss-reactive ketones (excluding diaryl/α,β-unsaturated/α-hetero) is 1. The number of hydrogen-bond donors (Lipinski definition) is 1. The van der Waals surface area contributed by atoms with Crippen LogP contribution in [-0.4, -0.2) is 11.7 Å². The van der Waals surface area contributed by atoms with E-state index >= 15 is 0 Å². The highest BCUT2D eigenvalue weighted by Gasteiger charge is 2.50. The summed E-state index contributed by atoms with van der Waals surface area (Å²) >= 11 is 0. The van der Waals surface area contributed by atoms with Crippen LogP contribution in [0.5, 0.6) is 0 Å². The number of amides is 1. The molecule has 1 amide bonds. The Labute approximate surface area is 107 Å². The van der Waals surface area contributed by atoms with E-state index in [9.17, 15) is 22.8 Å². The molecule has 19 heavy (non-hydrogen) atoms. The number of rotatable bonds is 3. The molecule has 3 nitrogen and oxygen atoms in total. The van der Waals surface area contributed by atoms with Gasteiger partial charge in [0.2, 0.25) is 5.78 Å². The van der Waals surface area contributed by atoms with E-state index in [2.05, 4.69) is 5.32 Å². The number of carbonyl (C=O) groups excluding carboxylic acids is 2. The lowest BCUT2D eigenvalue weighted by atomic mass is 9.97. The molecule has 1 aliphatic carbocycles. The highest BCUT2D eigenvalue weighted by Crippen LogP contribution is 2.49. The molecule has 0 heterocycles. The van der Waals surface area contributed by atoms with Crippen LogP contribution in [0, 0.1) is 0 Å². The summed E-state index contributed by atoms with van der Waals surface area (Å²) in [4.78, 5) is 22.3. The van der Waals surface area contributed by atoms with Crippen molar-refractivity contribution < 1.29 is 22.8 Å². The molecule has 1 aromatic carbocycles. The summed E-state index contributed by atoms with van der Waals surface area (Å²) in [5.41, 5.74) is -1.79. The molecule has 0 saturated heterocycles. The second-order valence-corrected chi connectivity index (χ2v) is 4.64. The summed E-state index contributed by atoms with van der Waals surface area (Å²) in [6.07, 6.45) is -3.68. The molecule has 2 rings (SSSR count). The van der Waals surface area contributed by atoms with Gasteiger partial charge in [0.1, 0.15) is 0 Å². The summed E-state index contributed by atoms with van der Waals surface area (Å²) in [7, 11) is 0. The molecule has 0 unspecified atom stereocenters. The Hall–Kier alpha value is -1.85. The first-order valence-electron chi connectivity index (χ1n) is 5.76. The SMILES string of the molecule is CC(=O)C(=O)NC1(c2ccccc2C(F)(F)F)CC1. The maximum atomic E-state index is 12.9. The molecular weight excluding hydrogens is 259 g/mol. The quantitative estimate of drug-likeness (QED) is 0.858. The monoisotopic (exact) mass is 271 g/mol. The normalized spacial score (nSPS) is 16.8. The number of ketones is 1. The number of halogens is 3. The summed E-state index contributed by atoms with van der Waals surface area (Å²) in [5, 5.41) is 2.41. The van der Waals surface area contributed by atoms with Gasteiger partial charge in [0.05, 0.1) is 11.1 Å². The van der Waals surface area contributed by atoms with Crippen molar-refractivity contribution in [3.63, 3.8) is 0 Å². The van der Waals surface area contributed by atoms with Crippen molar-refractivity contribution in [1.29, 1.82) is 0 Å². The number of carbonyl (C=O) groups is 2. The molecular formula is C13H12F3NO2. The van der Waals surface area contributed by atoms with Gasteiger partial charge < -0.3 is 5.32 Å². The van der Waals surface area contributed by atoms with E-state index in [1.54, 1.807) is 0 Å². The van der Waals surface area contributed by atoms with E-state index < -0.39 is 29.0 Å². The van der Waals surface area contributed by atoms with Gasteiger partial charge in [-0.15, -0.1) is 0 Å². The topological polar surface area (TPSA) is 46.2 Å². The standard InChI is InChI=1S/C13H12F3NO2/c1-8(18)11(19)17-12(6-7-12)9-4-2-3-5-10(9)13(14,15)16/h2-5H,6-7H2,1H3,(H,17,19). The second kappa shape index (κ2) is 4.36. The molecule has 102 valence electrons.